The van der Waals surface area contributed by atoms with Crippen molar-refractivity contribution in [1.29, 1.82) is 0 Å². The van der Waals surface area contributed by atoms with Gasteiger partial charge in [-0.3, -0.25) is 4.99 Å². The summed E-state index contributed by atoms with van der Waals surface area (Å²) in [4.78, 5) is 4.22. The molecule has 0 N–H and O–H groups in total. The van der Waals surface area contributed by atoms with E-state index in [1.54, 1.807) is 6.08 Å². The minimum Gasteiger partial charge on any atom is -0.290 e. The Kier molecular flexibility index (Phi) is 5.74. The molecule has 10 heavy (non-hydrogen) atoms. The topological polar surface area (TPSA) is 12.4 Å². The molecule has 0 saturated carbocycles. The number of nitrogens with zero attached hydrogens (tertiary/aromatic N) is 1. The first-order chi connectivity index (χ1) is 4.85. The summed E-state index contributed by atoms with van der Waals surface area (Å²) in [5, 5.41) is 0. The van der Waals surface area contributed by atoms with Gasteiger partial charge < -0.3 is 0 Å². The van der Waals surface area contributed by atoms with E-state index < -0.39 is 0 Å². The van der Waals surface area contributed by atoms with Gasteiger partial charge in [0.05, 0.1) is 6.04 Å². The average Bonchev–Trinajstić information content (AvgIpc) is 1.98. The van der Waals surface area contributed by atoms with E-state index in [-0.39, 0.29) is 0 Å². The normalized spacial score (nSPS) is 14.6. The highest BCUT2D eigenvalue weighted by Crippen LogP contribution is 1.97. The smallest absolute Gasteiger partial charge is 0.0676 e. The highest BCUT2D eigenvalue weighted by atomic mass is 14.7. The molecule has 0 rings (SSSR count). The maximum absolute atomic E-state index is 4.22. The van der Waals surface area contributed by atoms with Crippen molar-refractivity contribution in [3.63, 3.8) is 0 Å². The van der Waals surface area contributed by atoms with Gasteiger partial charge in [0.15, 0.2) is 0 Å². The van der Waals surface area contributed by atoms with Gasteiger partial charge in [-0.25, -0.2) is 0 Å². The molecule has 0 radical (unpaired) electrons. The maximum Gasteiger partial charge on any atom is 0.0676 e. The minimum absolute atomic E-state index is 0.336. The number of hydrogen-bond acceptors (Lipinski definition) is 1. The largest absolute Gasteiger partial charge is 0.290 e. The van der Waals surface area contributed by atoms with Crippen molar-refractivity contribution in [2.75, 3.05) is 0 Å². The van der Waals surface area contributed by atoms with Crippen LogP contribution in [0.5, 0.6) is 0 Å². The standard InChI is InChI=1S/C9H15N/c1-4-7-8-9(5-2)10-6-3/h4,6-9H,1,5H2,2-3H3/b8-7-,10-6?. The highest BCUT2D eigenvalue weighted by molar-refractivity contribution is 5.53. The fourth-order valence-electron chi connectivity index (χ4n) is 0.689. The zero-order valence-electron chi connectivity index (χ0n) is 6.75. The molecule has 1 nitrogen and oxygen atoms in total. The average molecular weight is 137 g/mol. The first-order valence-corrected chi connectivity index (χ1v) is 3.62. The molecule has 1 heteroatoms. The van der Waals surface area contributed by atoms with Crippen molar-refractivity contribution in [2.24, 2.45) is 4.99 Å². The third kappa shape index (κ3) is 4.07. The van der Waals surface area contributed by atoms with Gasteiger partial charge in [0.1, 0.15) is 0 Å². The summed E-state index contributed by atoms with van der Waals surface area (Å²) in [6, 6.07) is 0.336. The van der Waals surface area contributed by atoms with Crippen LogP contribution in [0.25, 0.3) is 0 Å². The lowest BCUT2D eigenvalue weighted by Crippen LogP contribution is -1.96. The molecule has 0 bridgehead atoms. The molecular weight excluding hydrogens is 122 g/mol. The molecule has 0 fully saturated rings. The van der Waals surface area contributed by atoms with Crippen LogP contribution in [-0.2, 0) is 0 Å². The van der Waals surface area contributed by atoms with Crippen molar-refractivity contribution in [3.05, 3.63) is 24.8 Å². The Morgan fingerprint density at radius 3 is 2.70 bits per heavy atom. The maximum atomic E-state index is 4.22. The minimum atomic E-state index is 0.336. The van der Waals surface area contributed by atoms with Crippen molar-refractivity contribution in [3.8, 4) is 0 Å². The number of aliphatic imine (C=N–C) groups is 1. The molecule has 1 atom stereocenters. The molecule has 0 aromatic carbocycles. The summed E-state index contributed by atoms with van der Waals surface area (Å²) in [6.07, 6.45) is 8.64. The fourth-order valence-corrected chi connectivity index (χ4v) is 0.689. The molecule has 56 valence electrons. The summed E-state index contributed by atoms with van der Waals surface area (Å²) >= 11 is 0. The third-order valence-electron chi connectivity index (χ3n) is 1.23. The first kappa shape index (κ1) is 9.15. The van der Waals surface area contributed by atoms with Crippen molar-refractivity contribution >= 4 is 6.21 Å². The van der Waals surface area contributed by atoms with E-state index in [0.29, 0.717) is 6.04 Å². The van der Waals surface area contributed by atoms with Crippen LogP contribution < -0.4 is 0 Å². The second kappa shape index (κ2) is 6.27. The van der Waals surface area contributed by atoms with Gasteiger partial charge in [-0.15, -0.1) is 0 Å². The second-order valence-electron chi connectivity index (χ2n) is 2.00. The Hall–Kier alpha value is -0.850. The molecule has 0 heterocycles. The Morgan fingerprint density at radius 2 is 2.30 bits per heavy atom. The number of allylic oxidation sites excluding steroid dienone is 2. The molecule has 0 aromatic heterocycles. The Bertz CT molecular complexity index is 134. The van der Waals surface area contributed by atoms with Crippen molar-refractivity contribution < 1.29 is 0 Å². The van der Waals surface area contributed by atoms with Gasteiger partial charge >= 0.3 is 0 Å². The summed E-state index contributed by atoms with van der Waals surface area (Å²) in [5.41, 5.74) is 0. The SMILES string of the molecule is C=C/C=C\C(CC)N=CC. The van der Waals surface area contributed by atoms with E-state index in [9.17, 15) is 0 Å². The van der Waals surface area contributed by atoms with Crippen LogP contribution in [0.4, 0.5) is 0 Å². The lowest BCUT2D eigenvalue weighted by atomic mass is 10.2. The Balaban J connectivity index is 3.81. The van der Waals surface area contributed by atoms with E-state index in [0.717, 1.165) is 6.42 Å². The Labute approximate surface area is 63.2 Å². The zero-order valence-corrected chi connectivity index (χ0v) is 6.75. The monoisotopic (exact) mass is 137 g/mol. The molecule has 0 aliphatic heterocycles. The van der Waals surface area contributed by atoms with Gasteiger partial charge in [-0.2, -0.15) is 0 Å². The quantitative estimate of drug-likeness (QED) is 0.417. The fraction of sp³-hybridized carbons (Fsp3) is 0.444. The highest BCUT2D eigenvalue weighted by Gasteiger charge is 1.92. The lowest BCUT2D eigenvalue weighted by Gasteiger charge is -1.99. The van der Waals surface area contributed by atoms with E-state index in [2.05, 4.69) is 18.5 Å². The number of rotatable bonds is 4. The molecule has 0 aliphatic carbocycles. The van der Waals surface area contributed by atoms with Gasteiger partial charge in [-0.1, -0.05) is 31.7 Å². The van der Waals surface area contributed by atoms with Crippen LogP contribution in [0.2, 0.25) is 0 Å². The summed E-state index contributed by atoms with van der Waals surface area (Å²) in [6.45, 7) is 7.64. The van der Waals surface area contributed by atoms with Crippen molar-refractivity contribution in [2.45, 2.75) is 26.3 Å². The molecule has 0 amide bonds. The summed E-state index contributed by atoms with van der Waals surface area (Å²) < 4.78 is 0. The first-order valence-electron chi connectivity index (χ1n) is 3.62. The molecule has 0 spiro atoms. The van der Waals surface area contributed by atoms with Crippen LogP contribution in [-0.4, -0.2) is 12.3 Å². The van der Waals surface area contributed by atoms with Crippen LogP contribution >= 0.6 is 0 Å². The predicted octanol–water partition coefficient (Wildman–Crippen LogP) is 2.60. The van der Waals surface area contributed by atoms with Gasteiger partial charge in [0, 0.05) is 0 Å². The van der Waals surface area contributed by atoms with E-state index in [1.165, 1.54) is 0 Å². The second-order valence-corrected chi connectivity index (χ2v) is 2.00. The predicted molar refractivity (Wildman–Crippen MR) is 47.6 cm³/mol. The molecule has 0 saturated heterocycles. The van der Waals surface area contributed by atoms with Crippen LogP contribution in [0.1, 0.15) is 20.3 Å². The number of hydrogen-bond donors (Lipinski definition) is 0. The van der Waals surface area contributed by atoms with E-state index >= 15 is 0 Å². The Morgan fingerprint density at radius 1 is 1.60 bits per heavy atom. The van der Waals surface area contributed by atoms with Gasteiger partial charge in [0.25, 0.3) is 0 Å². The van der Waals surface area contributed by atoms with Gasteiger partial charge in [0.2, 0.25) is 0 Å². The van der Waals surface area contributed by atoms with E-state index in [4.69, 9.17) is 0 Å². The lowest BCUT2D eigenvalue weighted by molar-refractivity contribution is 0.787. The van der Waals surface area contributed by atoms with Crippen LogP contribution in [0, 0.1) is 0 Å². The molecular formula is C9H15N. The molecule has 0 aromatic rings. The molecule has 0 aliphatic rings. The van der Waals surface area contributed by atoms with Crippen LogP contribution in [0.3, 0.4) is 0 Å². The van der Waals surface area contributed by atoms with Gasteiger partial charge in [-0.05, 0) is 19.6 Å². The summed E-state index contributed by atoms with van der Waals surface area (Å²) in [5.74, 6) is 0. The summed E-state index contributed by atoms with van der Waals surface area (Å²) in [7, 11) is 0. The molecule has 1 unspecified atom stereocenters. The van der Waals surface area contributed by atoms with Crippen LogP contribution in [0.15, 0.2) is 29.8 Å². The van der Waals surface area contributed by atoms with Crippen molar-refractivity contribution in [1.82, 2.24) is 0 Å². The zero-order chi connectivity index (χ0) is 7.82. The third-order valence-corrected chi connectivity index (χ3v) is 1.23. The van der Waals surface area contributed by atoms with E-state index in [1.807, 2.05) is 25.3 Å².